The smallest absolute Gasteiger partial charge is 0.234 e. The molecule has 0 radical (unpaired) electrons. The van der Waals surface area contributed by atoms with Crippen LogP contribution in [0.3, 0.4) is 0 Å². The maximum Gasteiger partial charge on any atom is 0.234 e. The molecule has 1 fully saturated rings. The predicted octanol–water partition coefficient (Wildman–Crippen LogP) is 5.57. The van der Waals surface area contributed by atoms with Crippen LogP contribution in [-0.4, -0.2) is 42.8 Å². The van der Waals surface area contributed by atoms with E-state index in [4.69, 9.17) is 0 Å². The van der Waals surface area contributed by atoms with Crippen molar-refractivity contribution in [1.82, 2.24) is 10.2 Å². The van der Waals surface area contributed by atoms with Gasteiger partial charge in [-0.05, 0) is 92.9 Å². The Balaban J connectivity index is 1.25. The van der Waals surface area contributed by atoms with Crippen molar-refractivity contribution < 1.29 is 14.0 Å². The van der Waals surface area contributed by atoms with Crippen molar-refractivity contribution in [1.29, 1.82) is 0 Å². The van der Waals surface area contributed by atoms with Crippen LogP contribution in [0.5, 0.6) is 0 Å². The summed E-state index contributed by atoms with van der Waals surface area (Å²) in [6.45, 7) is 3.11. The van der Waals surface area contributed by atoms with Gasteiger partial charge in [0.15, 0.2) is 5.78 Å². The first kappa shape index (κ1) is 25.3. The van der Waals surface area contributed by atoms with Crippen LogP contribution in [0, 0.1) is 11.2 Å². The Hall–Kier alpha value is -3.31. The number of hydrogen-bond donors (Lipinski definition) is 1. The van der Waals surface area contributed by atoms with Gasteiger partial charge in [0.2, 0.25) is 5.91 Å². The molecule has 1 aliphatic heterocycles. The lowest BCUT2D eigenvalue weighted by molar-refractivity contribution is -0.129. The average molecular weight is 499 g/mol. The Bertz CT molecular complexity index is 1220. The Morgan fingerprint density at radius 2 is 1.65 bits per heavy atom. The SMILES string of the molecule is O=C(NCCc1ccc(F)cc1)C1(CCN2CCC(c3ccccc3)CC2)CCc2ccccc2C1=O. The normalized spacial score (nSPS) is 20.4. The molecule has 3 aromatic carbocycles. The molecule has 1 unspecified atom stereocenters. The van der Waals surface area contributed by atoms with Crippen molar-refractivity contribution >= 4 is 11.7 Å². The number of carbonyl (C=O) groups excluding carboxylic acids is 2. The highest BCUT2D eigenvalue weighted by molar-refractivity contribution is 6.15. The van der Waals surface area contributed by atoms with Crippen LogP contribution in [0.15, 0.2) is 78.9 Å². The molecule has 1 saturated heterocycles. The minimum Gasteiger partial charge on any atom is -0.355 e. The van der Waals surface area contributed by atoms with E-state index in [2.05, 4.69) is 40.5 Å². The number of fused-ring (bicyclic) bond motifs is 1. The minimum absolute atomic E-state index is 0.0483. The highest BCUT2D eigenvalue weighted by atomic mass is 19.1. The Morgan fingerprint density at radius 1 is 0.946 bits per heavy atom. The molecule has 37 heavy (non-hydrogen) atoms. The first-order chi connectivity index (χ1) is 18.0. The first-order valence-corrected chi connectivity index (χ1v) is 13.5. The number of benzene rings is 3. The second-order valence-corrected chi connectivity index (χ2v) is 10.5. The van der Waals surface area contributed by atoms with Gasteiger partial charge in [0, 0.05) is 12.1 Å². The predicted molar refractivity (Wildman–Crippen MR) is 144 cm³/mol. The van der Waals surface area contributed by atoms with Crippen LogP contribution in [0.1, 0.15) is 58.6 Å². The Kier molecular flexibility index (Phi) is 7.80. The van der Waals surface area contributed by atoms with Crippen molar-refractivity contribution in [2.45, 2.75) is 44.4 Å². The van der Waals surface area contributed by atoms with Crippen molar-refractivity contribution in [3.63, 3.8) is 0 Å². The van der Waals surface area contributed by atoms with Gasteiger partial charge in [0.1, 0.15) is 11.2 Å². The van der Waals surface area contributed by atoms with E-state index in [1.165, 1.54) is 17.7 Å². The second kappa shape index (κ2) is 11.4. The fourth-order valence-electron chi connectivity index (χ4n) is 5.95. The summed E-state index contributed by atoms with van der Waals surface area (Å²) >= 11 is 0. The largest absolute Gasteiger partial charge is 0.355 e. The van der Waals surface area contributed by atoms with Crippen molar-refractivity contribution in [3.8, 4) is 0 Å². The maximum atomic E-state index is 13.8. The number of nitrogens with one attached hydrogen (secondary N) is 1. The lowest BCUT2D eigenvalue weighted by Crippen LogP contribution is -2.51. The summed E-state index contributed by atoms with van der Waals surface area (Å²) in [6, 6.07) is 24.7. The Labute approximate surface area is 218 Å². The summed E-state index contributed by atoms with van der Waals surface area (Å²) in [5.41, 5.74) is 3.03. The van der Waals surface area contributed by atoms with Crippen LogP contribution in [0.2, 0.25) is 0 Å². The van der Waals surface area contributed by atoms with Crippen LogP contribution < -0.4 is 5.32 Å². The molecule has 3 aromatic rings. The molecule has 0 spiro atoms. The van der Waals surface area contributed by atoms with Gasteiger partial charge in [0.05, 0.1) is 0 Å². The molecule has 5 rings (SSSR count). The number of nitrogens with zero attached hydrogens (tertiary/aromatic N) is 1. The van der Waals surface area contributed by atoms with Gasteiger partial charge in [0.25, 0.3) is 0 Å². The maximum absolute atomic E-state index is 13.8. The molecule has 1 atom stereocenters. The zero-order valence-electron chi connectivity index (χ0n) is 21.3. The quantitative estimate of drug-likeness (QED) is 0.413. The number of ketones is 1. The number of carbonyl (C=O) groups is 2. The topological polar surface area (TPSA) is 49.4 Å². The van der Waals surface area contributed by atoms with E-state index in [-0.39, 0.29) is 17.5 Å². The van der Waals surface area contributed by atoms with Gasteiger partial charge >= 0.3 is 0 Å². The summed E-state index contributed by atoms with van der Waals surface area (Å²) in [7, 11) is 0. The number of likely N-dealkylation sites (tertiary alicyclic amines) is 1. The molecule has 5 heteroatoms. The molecular formula is C32H35FN2O2. The van der Waals surface area contributed by atoms with Crippen molar-refractivity contribution in [2.24, 2.45) is 5.41 Å². The van der Waals surface area contributed by atoms with E-state index < -0.39 is 5.41 Å². The molecule has 4 nitrogen and oxygen atoms in total. The number of rotatable bonds is 8. The molecule has 1 aliphatic carbocycles. The number of piperidine rings is 1. The van der Waals surface area contributed by atoms with E-state index in [0.29, 0.717) is 37.3 Å². The molecule has 1 heterocycles. The van der Waals surface area contributed by atoms with E-state index >= 15 is 0 Å². The highest BCUT2D eigenvalue weighted by Crippen LogP contribution is 2.39. The third kappa shape index (κ3) is 5.67. The van der Waals surface area contributed by atoms with Crippen LogP contribution in [-0.2, 0) is 17.6 Å². The van der Waals surface area contributed by atoms with Gasteiger partial charge in [-0.1, -0.05) is 66.7 Å². The lowest BCUT2D eigenvalue weighted by Gasteiger charge is -2.38. The van der Waals surface area contributed by atoms with Gasteiger partial charge in [-0.3, -0.25) is 9.59 Å². The monoisotopic (exact) mass is 498 g/mol. The zero-order valence-corrected chi connectivity index (χ0v) is 21.3. The summed E-state index contributed by atoms with van der Waals surface area (Å²) in [4.78, 5) is 29.9. The van der Waals surface area contributed by atoms with E-state index in [9.17, 15) is 14.0 Å². The fraction of sp³-hybridized carbons (Fsp3) is 0.375. The number of amides is 1. The summed E-state index contributed by atoms with van der Waals surface area (Å²) in [6.07, 6.45) is 4.57. The highest BCUT2D eigenvalue weighted by Gasteiger charge is 2.48. The van der Waals surface area contributed by atoms with Crippen LogP contribution in [0.25, 0.3) is 0 Å². The van der Waals surface area contributed by atoms with Gasteiger partial charge in [-0.25, -0.2) is 4.39 Å². The molecule has 192 valence electrons. The molecule has 0 saturated carbocycles. The summed E-state index contributed by atoms with van der Waals surface area (Å²) in [5, 5.41) is 3.06. The fourth-order valence-corrected chi connectivity index (χ4v) is 5.95. The van der Waals surface area contributed by atoms with Crippen molar-refractivity contribution in [3.05, 3.63) is 107 Å². The molecular weight excluding hydrogens is 463 g/mol. The van der Waals surface area contributed by atoms with Crippen LogP contribution >= 0.6 is 0 Å². The first-order valence-electron chi connectivity index (χ1n) is 13.5. The number of halogens is 1. The van der Waals surface area contributed by atoms with E-state index in [0.717, 1.165) is 50.0 Å². The summed E-state index contributed by atoms with van der Waals surface area (Å²) in [5.74, 6) is 0.0801. The van der Waals surface area contributed by atoms with Gasteiger partial charge in [-0.15, -0.1) is 0 Å². The molecule has 0 aromatic heterocycles. The minimum atomic E-state index is -1.05. The molecule has 2 aliphatic rings. The zero-order chi connectivity index (χ0) is 25.7. The van der Waals surface area contributed by atoms with E-state index in [1.54, 1.807) is 12.1 Å². The number of aryl methyl sites for hydroxylation is 1. The van der Waals surface area contributed by atoms with E-state index in [1.807, 2.05) is 24.3 Å². The number of Topliss-reactive ketones (excluding diaryl/α,β-unsaturated/α-hetero) is 1. The molecule has 1 N–H and O–H groups in total. The molecule has 0 bridgehead atoms. The lowest BCUT2D eigenvalue weighted by atomic mass is 9.67. The third-order valence-corrected chi connectivity index (χ3v) is 8.28. The standard InChI is InChI=1S/C32H35FN2O2/c33-28-12-10-24(11-13-28)15-20-34-31(37)32(18-14-27-8-4-5-9-29(27)30(32)36)19-23-35-21-16-26(17-22-35)25-6-2-1-3-7-25/h1-13,26H,14-23H2,(H,34,37). The van der Waals surface area contributed by atoms with Gasteiger partial charge in [-0.2, -0.15) is 0 Å². The number of hydrogen-bond acceptors (Lipinski definition) is 3. The van der Waals surface area contributed by atoms with Gasteiger partial charge < -0.3 is 10.2 Å². The average Bonchev–Trinajstić information content (AvgIpc) is 2.95. The third-order valence-electron chi connectivity index (χ3n) is 8.28. The second-order valence-electron chi connectivity index (χ2n) is 10.5. The molecule has 1 amide bonds. The van der Waals surface area contributed by atoms with Crippen LogP contribution in [0.4, 0.5) is 4.39 Å². The van der Waals surface area contributed by atoms with Crippen molar-refractivity contribution in [2.75, 3.05) is 26.2 Å². The Morgan fingerprint density at radius 3 is 2.41 bits per heavy atom. The summed E-state index contributed by atoms with van der Waals surface area (Å²) < 4.78 is 13.2.